The van der Waals surface area contributed by atoms with E-state index in [1.807, 2.05) is 91.5 Å². The van der Waals surface area contributed by atoms with Crippen LogP contribution in [0.25, 0.3) is 16.0 Å². The van der Waals surface area contributed by atoms with Crippen molar-refractivity contribution in [2.75, 3.05) is 19.7 Å². The maximum absolute atomic E-state index is 13.2. The quantitative estimate of drug-likeness (QED) is 0.156. The summed E-state index contributed by atoms with van der Waals surface area (Å²) in [5.41, 5.74) is 4.41. The molecule has 1 amide bonds. The number of likely N-dealkylation sites (tertiary alicyclic amines) is 1. The molecule has 0 aliphatic carbocycles. The fourth-order valence-electron chi connectivity index (χ4n) is 5.59. The predicted octanol–water partition coefficient (Wildman–Crippen LogP) is 8.52. The minimum atomic E-state index is -0.0347. The number of benzene rings is 4. The molecule has 1 aliphatic heterocycles. The van der Waals surface area contributed by atoms with Crippen molar-refractivity contribution < 1.29 is 19.0 Å². The minimum Gasteiger partial charge on any atom is -0.491 e. The van der Waals surface area contributed by atoms with Gasteiger partial charge in [0, 0.05) is 24.2 Å². The molecule has 1 aliphatic rings. The zero-order valence-corrected chi connectivity index (χ0v) is 25.6. The van der Waals surface area contributed by atoms with Crippen molar-refractivity contribution in [3.05, 3.63) is 120 Å². The molecule has 4 aromatic rings. The van der Waals surface area contributed by atoms with Crippen LogP contribution in [0.5, 0.6) is 17.2 Å². The average molecular weight is 589 g/mol. The first kappa shape index (κ1) is 30.7. The number of amides is 1. The van der Waals surface area contributed by atoms with Crippen LogP contribution in [0, 0.1) is 12.5 Å². The molecule has 1 fully saturated rings. The number of ether oxygens (including phenoxy) is 3. The van der Waals surface area contributed by atoms with E-state index in [2.05, 4.69) is 23.0 Å². The van der Waals surface area contributed by atoms with Gasteiger partial charge in [0.05, 0.1) is 12.7 Å². The van der Waals surface area contributed by atoms with Crippen LogP contribution >= 0.6 is 0 Å². The van der Waals surface area contributed by atoms with Crippen LogP contribution in [-0.4, -0.2) is 36.6 Å². The van der Waals surface area contributed by atoms with E-state index in [4.69, 9.17) is 20.8 Å². The molecular formula is C38H40N2O4. The summed E-state index contributed by atoms with van der Waals surface area (Å²) in [6, 6.07) is 31.4. The second kappa shape index (κ2) is 15.1. The third-order valence-electron chi connectivity index (χ3n) is 7.94. The molecule has 0 radical (unpaired) electrons. The van der Waals surface area contributed by atoms with Crippen molar-refractivity contribution in [2.24, 2.45) is 5.92 Å². The molecule has 1 heterocycles. The highest BCUT2D eigenvalue weighted by Crippen LogP contribution is 2.39. The van der Waals surface area contributed by atoms with Gasteiger partial charge < -0.3 is 19.1 Å². The Morgan fingerprint density at radius 2 is 1.57 bits per heavy atom. The van der Waals surface area contributed by atoms with Crippen LogP contribution in [0.15, 0.2) is 97.1 Å². The number of piperidine rings is 1. The lowest BCUT2D eigenvalue weighted by atomic mass is 9.90. The van der Waals surface area contributed by atoms with Crippen LogP contribution < -0.4 is 14.2 Å². The highest BCUT2D eigenvalue weighted by Gasteiger charge is 2.23. The van der Waals surface area contributed by atoms with Crippen molar-refractivity contribution in [1.29, 1.82) is 0 Å². The Morgan fingerprint density at radius 3 is 2.34 bits per heavy atom. The van der Waals surface area contributed by atoms with E-state index in [1.165, 1.54) is 5.56 Å². The number of hydrogen-bond acceptors (Lipinski definition) is 4. The molecule has 4 aromatic carbocycles. The van der Waals surface area contributed by atoms with Gasteiger partial charge in [0.2, 0.25) is 0 Å². The van der Waals surface area contributed by atoms with Gasteiger partial charge in [-0.3, -0.25) is 4.79 Å². The van der Waals surface area contributed by atoms with E-state index in [9.17, 15) is 4.79 Å². The molecule has 226 valence electrons. The summed E-state index contributed by atoms with van der Waals surface area (Å²) in [5, 5.41) is 0. The van der Waals surface area contributed by atoms with Crippen molar-refractivity contribution in [1.82, 2.24) is 4.90 Å². The van der Waals surface area contributed by atoms with Crippen molar-refractivity contribution >= 4 is 11.6 Å². The van der Waals surface area contributed by atoms with Gasteiger partial charge in [-0.25, -0.2) is 4.85 Å². The van der Waals surface area contributed by atoms with Gasteiger partial charge in [0.25, 0.3) is 5.91 Å². The Labute approximate surface area is 261 Å². The number of nitrogens with zero attached hydrogens (tertiary/aromatic N) is 2. The number of hydrogen-bond donors (Lipinski definition) is 0. The molecule has 5 rings (SSSR count). The van der Waals surface area contributed by atoms with Crippen LogP contribution in [0.2, 0.25) is 0 Å². The first-order valence-corrected chi connectivity index (χ1v) is 15.4. The topological polar surface area (TPSA) is 52.4 Å². The van der Waals surface area contributed by atoms with Crippen LogP contribution in [0.1, 0.15) is 44.2 Å². The lowest BCUT2D eigenvalue weighted by Crippen LogP contribution is -2.41. The van der Waals surface area contributed by atoms with E-state index in [-0.39, 0.29) is 18.6 Å². The van der Waals surface area contributed by atoms with E-state index >= 15 is 0 Å². The molecular weight excluding hydrogens is 548 g/mol. The third kappa shape index (κ3) is 8.41. The summed E-state index contributed by atoms with van der Waals surface area (Å²) >= 11 is 0. The largest absolute Gasteiger partial charge is 0.491 e. The Kier molecular flexibility index (Phi) is 10.5. The van der Waals surface area contributed by atoms with Crippen molar-refractivity contribution in [2.45, 2.75) is 52.2 Å². The molecule has 0 saturated carbocycles. The van der Waals surface area contributed by atoms with Gasteiger partial charge in [-0.15, -0.1) is 0 Å². The SMILES string of the molecule is [C-]#[N+]c1ccc(OCc2ccccc2)c(-c2ccccc2OCC(=O)N2CCC(CCc3cccc(OC(C)C)c3)CC2)c1. The van der Waals surface area contributed by atoms with E-state index in [0.717, 1.165) is 61.2 Å². The molecule has 0 unspecified atom stereocenters. The maximum Gasteiger partial charge on any atom is 0.260 e. The van der Waals surface area contributed by atoms with Gasteiger partial charge >= 0.3 is 0 Å². The summed E-state index contributed by atoms with van der Waals surface area (Å²) in [6.07, 6.45) is 4.28. The molecule has 6 nitrogen and oxygen atoms in total. The zero-order chi connectivity index (χ0) is 30.7. The Morgan fingerprint density at radius 1 is 0.841 bits per heavy atom. The fourth-order valence-corrected chi connectivity index (χ4v) is 5.59. The fraction of sp³-hybridized carbons (Fsp3) is 0.316. The van der Waals surface area contributed by atoms with E-state index in [0.29, 0.717) is 29.7 Å². The number of carbonyl (C=O) groups is 1. The number of para-hydroxylation sites is 1. The average Bonchev–Trinajstić information content (AvgIpc) is 3.06. The molecule has 0 aromatic heterocycles. The second-order valence-electron chi connectivity index (χ2n) is 11.5. The van der Waals surface area contributed by atoms with Crippen LogP contribution in [-0.2, 0) is 17.8 Å². The van der Waals surface area contributed by atoms with Crippen LogP contribution in [0.4, 0.5) is 5.69 Å². The first-order valence-electron chi connectivity index (χ1n) is 15.4. The highest BCUT2D eigenvalue weighted by atomic mass is 16.5. The lowest BCUT2D eigenvalue weighted by Gasteiger charge is -2.32. The standard InChI is InChI=1S/C38H40N2O4/c1-28(2)44-33-13-9-12-30(24-33)17-16-29-20-22-40(23-21-29)38(41)27-43-36-15-8-7-14-34(36)35-25-32(39-3)18-19-37(35)42-26-31-10-5-4-6-11-31/h4-15,18-19,24-25,28-29H,16-17,20-23,26-27H2,1-2H3. The number of aryl methyl sites for hydroxylation is 1. The number of rotatable bonds is 12. The van der Waals surface area contributed by atoms with Crippen LogP contribution in [0.3, 0.4) is 0 Å². The highest BCUT2D eigenvalue weighted by molar-refractivity contribution is 5.81. The van der Waals surface area contributed by atoms with Gasteiger partial charge in [-0.1, -0.05) is 66.7 Å². The molecule has 1 saturated heterocycles. The lowest BCUT2D eigenvalue weighted by molar-refractivity contribution is -0.134. The number of carbonyl (C=O) groups excluding carboxylic acids is 1. The van der Waals surface area contributed by atoms with Crippen molar-refractivity contribution in [3.63, 3.8) is 0 Å². The smallest absolute Gasteiger partial charge is 0.260 e. The normalized spacial score (nSPS) is 13.4. The molecule has 0 spiro atoms. The Hall–Kier alpha value is -4.76. The Balaban J connectivity index is 1.17. The van der Waals surface area contributed by atoms with Gasteiger partial charge in [-0.2, -0.15) is 0 Å². The summed E-state index contributed by atoms with van der Waals surface area (Å²) in [5.74, 6) is 2.76. The monoisotopic (exact) mass is 588 g/mol. The molecule has 0 atom stereocenters. The van der Waals surface area contributed by atoms with Gasteiger partial charge in [0.15, 0.2) is 12.3 Å². The summed E-state index contributed by atoms with van der Waals surface area (Å²) in [7, 11) is 0. The predicted molar refractivity (Wildman–Crippen MR) is 174 cm³/mol. The van der Waals surface area contributed by atoms with Crippen molar-refractivity contribution in [3.8, 4) is 28.4 Å². The maximum atomic E-state index is 13.2. The summed E-state index contributed by atoms with van der Waals surface area (Å²) in [4.78, 5) is 18.7. The van der Waals surface area contributed by atoms with E-state index < -0.39 is 0 Å². The Bertz CT molecular complexity index is 1570. The summed E-state index contributed by atoms with van der Waals surface area (Å²) < 4.78 is 18.2. The second-order valence-corrected chi connectivity index (χ2v) is 11.5. The third-order valence-corrected chi connectivity index (χ3v) is 7.94. The van der Waals surface area contributed by atoms with Gasteiger partial charge in [-0.05, 0) is 86.9 Å². The molecule has 0 N–H and O–H groups in total. The molecule has 6 heteroatoms. The zero-order valence-electron chi connectivity index (χ0n) is 25.6. The first-order chi connectivity index (χ1) is 21.5. The van der Waals surface area contributed by atoms with E-state index in [1.54, 1.807) is 6.07 Å². The van der Waals surface area contributed by atoms with Gasteiger partial charge in [0.1, 0.15) is 23.9 Å². The molecule has 0 bridgehead atoms. The summed E-state index contributed by atoms with van der Waals surface area (Å²) in [6.45, 7) is 13.5. The molecule has 44 heavy (non-hydrogen) atoms. The minimum absolute atomic E-state index is 0.00718.